The maximum atomic E-state index is 13.5. The molecule has 1 aromatic carbocycles. The molecule has 6 heteroatoms. The van der Waals surface area contributed by atoms with E-state index >= 15 is 0 Å². The number of rotatable bonds is 7. The van der Waals surface area contributed by atoms with E-state index in [9.17, 15) is 17.9 Å². The van der Waals surface area contributed by atoms with Gasteiger partial charge in [0.2, 0.25) is 0 Å². The van der Waals surface area contributed by atoms with Crippen molar-refractivity contribution in [1.82, 2.24) is 0 Å². The highest BCUT2D eigenvalue weighted by atomic mass is 32.2. The van der Waals surface area contributed by atoms with Gasteiger partial charge in [0.05, 0.1) is 18.5 Å². The van der Waals surface area contributed by atoms with Crippen LogP contribution >= 0.6 is 0 Å². The van der Waals surface area contributed by atoms with Crippen molar-refractivity contribution >= 4 is 15.9 Å². The molecule has 2 aliphatic heterocycles. The largest absolute Gasteiger partial charge is 0.505 e. The van der Waals surface area contributed by atoms with Gasteiger partial charge in [-0.3, -0.25) is 0 Å². The summed E-state index contributed by atoms with van der Waals surface area (Å²) in [5.74, 6) is -0.802. The van der Waals surface area contributed by atoms with Gasteiger partial charge in [0.15, 0.2) is 21.4 Å². The van der Waals surface area contributed by atoms with Crippen LogP contribution < -0.4 is 0 Å². The zero-order valence-electron chi connectivity index (χ0n) is 15.9. The highest BCUT2D eigenvalue weighted by molar-refractivity contribution is 7.92. The number of hydrogen-bond acceptors (Lipinski definition) is 4. The van der Waals surface area contributed by atoms with Gasteiger partial charge in [-0.25, -0.2) is 12.8 Å². The minimum atomic E-state index is -3.11. The van der Waals surface area contributed by atoms with Crippen LogP contribution in [0.25, 0.3) is 6.08 Å². The molecule has 148 valence electrons. The number of phenols is 1. The molecule has 0 radical (unpaired) electrons. The number of ether oxygens (including phenoxy) is 1. The molecular formula is C21H27FO4S. The predicted molar refractivity (Wildman–Crippen MR) is 105 cm³/mol. The van der Waals surface area contributed by atoms with Gasteiger partial charge in [0, 0.05) is 0 Å². The fraction of sp³-hybridized carbons (Fsp3) is 0.524. The van der Waals surface area contributed by atoms with Crippen molar-refractivity contribution in [2.75, 3.05) is 12.4 Å². The van der Waals surface area contributed by atoms with E-state index in [1.807, 2.05) is 13.0 Å². The third-order valence-corrected chi connectivity index (χ3v) is 7.44. The molecule has 0 spiro atoms. The summed E-state index contributed by atoms with van der Waals surface area (Å²) in [6, 6.07) is 4.35. The number of phenolic OH excluding ortho intramolecular Hbond substituents is 1. The van der Waals surface area contributed by atoms with Gasteiger partial charge in [0.1, 0.15) is 5.25 Å². The molecule has 0 aromatic heterocycles. The lowest BCUT2D eigenvalue weighted by Gasteiger charge is -2.15. The number of halogens is 1. The van der Waals surface area contributed by atoms with Crippen molar-refractivity contribution < 1.29 is 22.7 Å². The number of sulfone groups is 1. The van der Waals surface area contributed by atoms with E-state index in [-0.39, 0.29) is 24.2 Å². The quantitative estimate of drug-likeness (QED) is 0.697. The summed E-state index contributed by atoms with van der Waals surface area (Å²) in [5, 5.41) is 8.86. The highest BCUT2D eigenvalue weighted by Crippen LogP contribution is 2.40. The molecule has 0 saturated carbocycles. The topological polar surface area (TPSA) is 63.6 Å². The summed E-state index contributed by atoms with van der Waals surface area (Å²) >= 11 is 0. The van der Waals surface area contributed by atoms with E-state index < -0.39 is 20.9 Å². The third-order valence-electron chi connectivity index (χ3n) is 5.44. The summed E-state index contributed by atoms with van der Waals surface area (Å²) in [7, 11) is -3.11. The van der Waals surface area contributed by atoms with E-state index in [2.05, 4.69) is 6.92 Å². The lowest BCUT2D eigenvalue weighted by Crippen LogP contribution is -2.19. The minimum absolute atomic E-state index is 0.139. The van der Waals surface area contributed by atoms with E-state index in [4.69, 9.17) is 4.74 Å². The molecule has 2 atom stereocenters. The second-order valence-corrected chi connectivity index (χ2v) is 9.52. The normalized spacial score (nSPS) is 24.5. The Morgan fingerprint density at radius 2 is 2.15 bits per heavy atom. The van der Waals surface area contributed by atoms with Gasteiger partial charge in [-0.15, -0.1) is 0 Å². The van der Waals surface area contributed by atoms with Crippen molar-refractivity contribution in [1.29, 1.82) is 0 Å². The molecule has 1 saturated heterocycles. The summed E-state index contributed by atoms with van der Waals surface area (Å²) in [6.07, 6.45) is 5.85. The van der Waals surface area contributed by atoms with Gasteiger partial charge in [-0.05, 0) is 49.0 Å². The number of fused-ring (bicyclic) bond motifs is 1. The first-order valence-corrected chi connectivity index (χ1v) is 11.3. The summed E-state index contributed by atoms with van der Waals surface area (Å²) < 4.78 is 44.2. The standard InChI is InChI=1S/C21H27FO4S/c1-3-5-16-13-27(24,25)20-12-26-19(21(16)20)9-7-14(4-2)10-15-6-8-18(23)17(22)11-15/h6,8,10-11,19-20,23H,3-5,7,9,12-13H2,1-2H3/b14-10+/t19-,20+/m1/s1. The second kappa shape index (κ2) is 8.15. The van der Waals surface area contributed by atoms with Crippen molar-refractivity contribution in [3.63, 3.8) is 0 Å². The molecule has 0 amide bonds. The van der Waals surface area contributed by atoms with Crippen LogP contribution in [0.3, 0.4) is 0 Å². The molecule has 3 rings (SSSR count). The van der Waals surface area contributed by atoms with Crippen LogP contribution in [0.2, 0.25) is 0 Å². The molecule has 2 aliphatic rings. The summed E-state index contributed by atoms with van der Waals surface area (Å²) in [6.45, 7) is 4.37. The SMILES string of the molecule is CCCC1=C2[C@@H](CC/C(=C/c3ccc(O)c(F)c3)CC)OC[C@@H]2S(=O)(=O)C1. The molecule has 27 heavy (non-hydrogen) atoms. The monoisotopic (exact) mass is 394 g/mol. The van der Waals surface area contributed by atoms with Gasteiger partial charge < -0.3 is 9.84 Å². The average molecular weight is 395 g/mol. The number of aromatic hydroxyl groups is 1. The maximum absolute atomic E-state index is 13.5. The Bertz CT molecular complexity index is 870. The molecule has 0 unspecified atom stereocenters. The highest BCUT2D eigenvalue weighted by Gasteiger charge is 2.46. The molecule has 2 heterocycles. The van der Waals surface area contributed by atoms with E-state index in [0.29, 0.717) is 5.56 Å². The molecule has 1 aromatic rings. The van der Waals surface area contributed by atoms with Crippen LogP contribution in [0.4, 0.5) is 4.39 Å². The fourth-order valence-electron chi connectivity index (χ4n) is 4.04. The first kappa shape index (κ1) is 20.1. The Morgan fingerprint density at radius 3 is 2.81 bits per heavy atom. The van der Waals surface area contributed by atoms with Crippen LogP contribution in [0.1, 0.15) is 51.5 Å². The maximum Gasteiger partial charge on any atom is 0.165 e. The molecule has 4 nitrogen and oxygen atoms in total. The fourth-order valence-corrected chi connectivity index (χ4v) is 6.03. The summed E-state index contributed by atoms with van der Waals surface area (Å²) in [4.78, 5) is 0. The predicted octanol–water partition coefficient (Wildman–Crippen LogP) is 4.40. The van der Waals surface area contributed by atoms with Crippen molar-refractivity contribution in [2.45, 2.75) is 57.3 Å². The van der Waals surface area contributed by atoms with E-state index in [0.717, 1.165) is 48.8 Å². The van der Waals surface area contributed by atoms with Gasteiger partial charge in [0.25, 0.3) is 0 Å². The molecule has 0 bridgehead atoms. The Hall–Kier alpha value is -1.66. The Morgan fingerprint density at radius 1 is 1.37 bits per heavy atom. The Kier molecular flexibility index (Phi) is 6.06. The van der Waals surface area contributed by atoms with E-state index in [1.54, 1.807) is 6.07 Å². The lowest BCUT2D eigenvalue weighted by atomic mass is 9.94. The molecule has 1 N–H and O–H groups in total. The van der Waals surface area contributed by atoms with Gasteiger partial charge >= 0.3 is 0 Å². The van der Waals surface area contributed by atoms with Crippen LogP contribution in [0, 0.1) is 5.82 Å². The van der Waals surface area contributed by atoms with Crippen LogP contribution in [0.15, 0.2) is 34.9 Å². The number of allylic oxidation sites excluding steroid dienone is 1. The zero-order chi connectivity index (χ0) is 19.6. The van der Waals surface area contributed by atoms with Crippen LogP contribution in [-0.2, 0) is 14.6 Å². The summed E-state index contributed by atoms with van der Waals surface area (Å²) in [5.41, 5.74) is 3.91. The minimum Gasteiger partial charge on any atom is -0.505 e. The Labute approximate surface area is 160 Å². The Balaban J connectivity index is 1.74. The second-order valence-electron chi connectivity index (χ2n) is 7.33. The first-order chi connectivity index (χ1) is 12.9. The average Bonchev–Trinajstić information content (AvgIpc) is 3.15. The van der Waals surface area contributed by atoms with Gasteiger partial charge in [-0.2, -0.15) is 0 Å². The van der Waals surface area contributed by atoms with Crippen LogP contribution in [-0.4, -0.2) is 37.2 Å². The van der Waals surface area contributed by atoms with Crippen molar-refractivity contribution in [3.05, 3.63) is 46.3 Å². The number of hydrogen-bond donors (Lipinski definition) is 1. The van der Waals surface area contributed by atoms with Gasteiger partial charge in [-0.1, -0.05) is 43.6 Å². The van der Waals surface area contributed by atoms with E-state index in [1.165, 1.54) is 12.1 Å². The van der Waals surface area contributed by atoms with Crippen molar-refractivity contribution in [2.24, 2.45) is 0 Å². The molecular weight excluding hydrogens is 367 g/mol. The zero-order valence-corrected chi connectivity index (χ0v) is 16.7. The smallest absolute Gasteiger partial charge is 0.165 e. The third kappa shape index (κ3) is 4.27. The lowest BCUT2D eigenvalue weighted by molar-refractivity contribution is 0.117. The first-order valence-electron chi connectivity index (χ1n) is 9.58. The molecule has 1 fully saturated rings. The number of benzene rings is 1. The molecule has 0 aliphatic carbocycles. The van der Waals surface area contributed by atoms with Crippen molar-refractivity contribution in [3.8, 4) is 5.75 Å². The van der Waals surface area contributed by atoms with Crippen LogP contribution in [0.5, 0.6) is 5.75 Å².